The second-order valence-corrected chi connectivity index (χ2v) is 4.39. The molecular weight excluding hydrogens is 242 g/mol. The molecule has 0 spiro atoms. The monoisotopic (exact) mass is 261 g/mol. The molecule has 1 atom stereocenters. The minimum Gasteiger partial charge on any atom is -0.493 e. The van der Waals surface area contributed by atoms with Gasteiger partial charge in [-0.2, -0.15) is 4.98 Å². The number of nitrogens with zero attached hydrogens (tertiary/aromatic N) is 2. The van der Waals surface area contributed by atoms with Crippen molar-refractivity contribution in [2.75, 3.05) is 6.61 Å². The normalized spacial score (nSPS) is 12.3. The van der Waals surface area contributed by atoms with Gasteiger partial charge in [-0.3, -0.25) is 0 Å². The van der Waals surface area contributed by atoms with E-state index in [0.29, 0.717) is 31.2 Å². The summed E-state index contributed by atoms with van der Waals surface area (Å²) in [5.74, 6) is 2.11. The molecule has 1 aromatic heterocycles. The van der Waals surface area contributed by atoms with Crippen LogP contribution in [0.25, 0.3) is 0 Å². The highest BCUT2D eigenvalue weighted by Crippen LogP contribution is 2.09. The predicted molar refractivity (Wildman–Crippen MR) is 71.9 cm³/mol. The van der Waals surface area contributed by atoms with Crippen LogP contribution in [0.1, 0.15) is 25.1 Å². The van der Waals surface area contributed by atoms with Gasteiger partial charge in [0.05, 0.1) is 13.0 Å². The Morgan fingerprint density at radius 1 is 1.32 bits per heavy atom. The molecule has 1 aromatic carbocycles. The zero-order valence-electron chi connectivity index (χ0n) is 11.1. The molecular formula is C14H19N3O2. The summed E-state index contributed by atoms with van der Waals surface area (Å²) < 4.78 is 10.7. The fraction of sp³-hybridized carbons (Fsp3) is 0.429. The molecule has 0 bridgehead atoms. The number of hydrogen-bond acceptors (Lipinski definition) is 5. The third kappa shape index (κ3) is 4.37. The second kappa shape index (κ2) is 6.89. The van der Waals surface area contributed by atoms with Crippen LogP contribution in [-0.2, 0) is 12.8 Å². The summed E-state index contributed by atoms with van der Waals surface area (Å²) in [6.07, 6.45) is 2.16. The molecule has 0 aliphatic heterocycles. The summed E-state index contributed by atoms with van der Waals surface area (Å²) in [5, 5.41) is 3.91. The highest BCUT2D eigenvalue weighted by Gasteiger charge is 2.09. The van der Waals surface area contributed by atoms with Gasteiger partial charge >= 0.3 is 0 Å². The fourth-order valence-electron chi connectivity index (χ4n) is 1.63. The second-order valence-electron chi connectivity index (χ2n) is 4.39. The van der Waals surface area contributed by atoms with Crippen molar-refractivity contribution in [2.24, 2.45) is 5.73 Å². The van der Waals surface area contributed by atoms with Gasteiger partial charge in [-0.15, -0.1) is 0 Å². The maximum absolute atomic E-state index is 5.84. The average Bonchev–Trinajstić information content (AvgIpc) is 2.87. The summed E-state index contributed by atoms with van der Waals surface area (Å²) in [6.45, 7) is 2.56. The van der Waals surface area contributed by atoms with Gasteiger partial charge in [0.25, 0.3) is 0 Å². The van der Waals surface area contributed by atoms with Crippen LogP contribution in [0.15, 0.2) is 34.9 Å². The molecule has 0 aliphatic carbocycles. The van der Waals surface area contributed by atoms with E-state index in [0.717, 1.165) is 12.2 Å². The van der Waals surface area contributed by atoms with E-state index in [1.807, 2.05) is 37.3 Å². The lowest BCUT2D eigenvalue weighted by Gasteiger charge is -2.03. The zero-order valence-corrected chi connectivity index (χ0v) is 11.1. The maximum Gasteiger partial charge on any atom is 0.230 e. The van der Waals surface area contributed by atoms with Crippen molar-refractivity contribution in [1.82, 2.24) is 10.1 Å². The van der Waals surface area contributed by atoms with Gasteiger partial charge in [0.1, 0.15) is 5.75 Å². The maximum atomic E-state index is 5.84. The van der Waals surface area contributed by atoms with E-state index < -0.39 is 0 Å². The molecule has 5 nitrogen and oxygen atoms in total. The number of rotatable bonds is 7. The van der Waals surface area contributed by atoms with Crippen LogP contribution >= 0.6 is 0 Å². The molecule has 2 aromatic rings. The smallest absolute Gasteiger partial charge is 0.230 e. The molecule has 0 radical (unpaired) electrons. The number of para-hydroxylation sites is 1. The summed E-state index contributed by atoms with van der Waals surface area (Å²) in [4.78, 5) is 4.29. The molecule has 5 heteroatoms. The molecule has 1 heterocycles. The minimum atomic E-state index is 0.0889. The molecule has 102 valence electrons. The molecule has 2 N–H and O–H groups in total. The third-order valence-corrected chi connectivity index (χ3v) is 2.81. The fourth-order valence-corrected chi connectivity index (χ4v) is 1.63. The number of aromatic nitrogens is 2. The summed E-state index contributed by atoms with van der Waals surface area (Å²) in [6, 6.07) is 9.75. The Labute approximate surface area is 112 Å². The van der Waals surface area contributed by atoms with E-state index >= 15 is 0 Å². The minimum absolute atomic E-state index is 0.0889. The number of ether oxygens (including phenoxy) is 1. The quantitative estimate of drug-likeness (QED) is 0.824. The standard InChI is InChI=1S/C14H19N3O2/c1-2-11(15)10-13-16-14(19-17-13)8-9-18-12-6-4-3-5-7-12/h3-7,11H,2,8-10,15H2,1H3. The van der Waals surface area contributed by atoms with Crippen molar-refractivity contribution >= 4 is 0 Å². The Morgan fingerprint density at radius 3 is 2.84 bits per heavy atom. The Kier molecular flexibility index (Phi) is 4.92. The van der Waals surface area contributed by atoms with Crippen LogP contribution in [0.4, 0.5) is 0 Å². The van der Waals surface area contributed by atoms with E-state index in [2.05, 4.69) is 10.1 Å². The molecule has 0 aliphatic rings. The lowest BCUT2D eigenvalue weighted by molar-refractivity contribution is 0.291. The van der Waals surface area contributed by atoms with Gasteiger partial charge in [0.2, 0.25) is 5.89 Å². The van der Waals surface area contributed by atoms with Crippen LogP contribution in [0.3, 0.4) is 0 Å². The lowest BCUT2D eigenvalue weighted by atomic mass is 10.2. The van der Waals surface area contributed by atoms with Crippen molar-refractivity contribution in [2.45, 2.75) is 32.2 Å². The SMILES string of the molecule is CCC(N)Cc1noc(CCOc2ccccc2)n1. The zero-order chi connectivity index (χ0) is 13.5. The average molecular weight is 261 g/mol. The first-order valence-corrected chi connectivity index (χ1v) is 6.53. The number of benzene rings is 1. The summed E-state index contributed by atoms with van der Waals surface area (Å²) in [5.41, 5.74) is 5.84. The number of hydrogen-bond donors (Lipinski definition) is 1. The summed E-state index contributed by atoms with van der Waals surface area (Å²) in [7, 11) is 0. The Hall–Kier alpha value is -1.88. The van der Waals surface area contributed by atoms with Gasteiger partial charge in [0.15, 0.2) is 5.82 Å². The van der Waals surface area contributed by atoms with Crippen LogP contribution in [0, 0.1) is 0 Å². The molecule has 0 saturated carbocycles. The van der Waals surface area contributed by atoms with Crippen molar-refractivity contribution in [3.8, 4) is 5.75 Å². The van der Waals surface area contributed by atoms with Crippen molar-refractivity contribution in [3.05, 3.63) is 42.0 Å². The van der Waals surface area contributed by atoms with Crippen LogP contribution in [-0.4, -0.2) is 22.8 Å². The molecule has 1 unspecified atom stereocenters. The van der Waals surface area contributed by atoms with Crippen LogP contribution < -0.4 is 10.5 Å². The van der Waals surface area contributed by atoms with E-state index in [9.17, 15) is 0 Å². The number of nitrogens with two attached hydrogens (primary N) is 1. The van der Waals surface area contributed by atoms with E-state index in [1.54, 1.807) is 0 Å². The Morgan fingerprint density at radius 2 is 2.11 bits per heavy atom. The molecule has 0 saturated heterocycles. The lowest BCUT2D eigenvalue weighted by Crippen LogP contribution is -2.22. The molecule has 0 amide bonds. The van der Waals surface area contributed by atoms with E-state index in [-0.39, 0.29) is 6.04 Å². The van der Waals surface area contributed by atoms with E-state index in [1.165, 1.54) is 0 Å². The summed E-state index contributed by atoms with van der Waals surface area (Å²) >= 11 is 0. The third-order valence-electron chi connectivity index (χ3n) is 2.81. The first kappa shape index (κ1) is 13.5. The van der Waals surface area contributed by atoms with Gasteiger partial charge in [-0.05, 0) is 18.6 Å². The first-order chi connectivity index (χ1) is 9.28. The Balaban J connectivity index is 1.77. The highest BCUT2D eigenvalue weighted by atomic mass is 16.5. The molecule has 0 fully saturated rings. The van der Waals surface area contributed by atoms with Crippen molar-refractivity contribution in [3.63, 3.8) is 0 Å². The van der Waals surface area contributed by atoms with Gasteiger partial charge in [-0.1, -0.05) is 30.3 Å². The Bertz CT molecular complexity index is 484. The molecule has 19 heavy (non-hydrogen) atoms. The van der Waals surface area contributed by atoms with Crippen molar-refractivity contribution in [1.29, 1.82) is 0 Å². The van der Waals surface area contributed by atoms with Gasteiger partial charge in [-0.25, -0.2) is 0 Å². The van der Waals surface area contributed by atoms with Crippen LogP contribution in [0.5, 0.6) is 5.75 Å². The first-order valence-electron chi connectivity index (χ1n) is 6.53. The van der Waals surface area contributed by atoms with Gasteiger partial charge < -0.3 is 15.0 Å². The van der Waals surface area contributed by atoms with Crippen LogP contribution in [0.2, 0.25) is 0 Å². The largest absolute Gasteiger partial charge is 0.493 e. The highest BCUT2D eigenvalue weighted by molar-refractivity contribution is 5.20. The van der Waals surface area contributed by atoms with E-state index in [4.69, 9.17) is 15.0 Å². The predicted octanol–water partition coefficient (Wildman–Crippen LogP) is 1.97. The van der Waals surface area contributed by atoms with Gasteiger partial charge in [0, 0.05) is 12.5 Å². The molecule has 2 rings (SSSR count). The topological polar surface area (TPSA) is 74.2 Å². The van der Waals surface area contributed by atoms with Crippen molar-refractivity contribution < 1.29 is 9.26 Å².